The van der Waals surface area contributed by atoms with E-state index in [1.54, 1.807) is 0 Å². The molecule has 2 rings (SSSR count). The van der Waals surface area contributed by atoms with Crippen LogP contribution in [-0.2, 0) is 16.2 Å². The first-order valence-electron chi connectivity index (χ1n) is 7.05. The second kappa shape index (κ2) is 6.17. The zero-order valence-corrected chi connectivity index (χ0v) is 13.0. The molecule has 0 aliphatic heterocycles. The summed E-state index contributed by atoms with van der Waals surface area (Å²) in [6, 6.07) is 2.32. The monoisotopic (exact) mass is 336 g/mol. The Hall–Kier alpha value is -1.12. The second-order valence-electron chi connectivity index (χ2n) is 5.72. The van der Waals surface area contributed by atoms with Crippen LogP contribution in [0, 0.1) is 6.92 Å². The summed E-state index contributed by atoms with van der Waals surface area (Å²) in [5.74, 6) is 0. The Balaban J connectivity index is 2.22. The lowest BCUT2D eigenvalue weighted by Gasteiger charge is -2.27. The van der Waals surface area contributed by atoms with E-state index < -0.39 is 21.8 Å². The highest BCUT2D eigenvalue weighted by atomic mass is 32.2. The Morgan fingerprint density at radius 2 is 1.95 bits per heavy atom. The maximum atomic E-state index is 12.6. The van der Waals surface area contributed by atoms with Crippen LogP contribution in [0.2, 0.25) is 0 Å². The van der Waals surface area contributed by atoms with Crippen LogP contribution in [0.25, 0.3) is 0 Å². The highest BCUT2D eigenvalue weighted by Crippen LogP contribution is 2.31. The first-order valence-corrected chi connectivity index (χ1v) is 8.53. The number of hydrogen-bond donors (Lipinski definition) is 2. The van der Waals surface area contributed by atoms with E-state index in [4.69, 9.17) is 5.73 Å². The normalized spacial score (nSPS) is 23.5. The molecule has 1 aromatic rings. The van der Waals surface area contributed by atoms with Gasteiger partial charge in [0.2, 0.25) is 10.0 Å². The van der Waals surface area contributed by atoms with Crippen molar-refractivity contribution in [2.75, 3.05) is 0 Å². The van der Waals surface area contributed by atoms with Crippen molar-refractivity contribution in [2.24, 2.45) is 5.73 Å². The topological polar surface area (TPSA) is 72.2 Å². The summed E-state index contributed by atoms with van der Waals surface area (Å²) < 4.78 is 65.2. The number of nitrogens with two attached hydrogens (primary N) is 1. The first kappa shape index (κ1) is 17.2. The molecule has 1 aliphatic carbocycles. The predicted octanol–water partition coefficient (Wildman–Crippen LogP) is 2.56. The highest BCUT2D eigenvalue weighted by Gasteiger charge is 2.32. The molecule has 2 atom stereocenters. The van der Waals surface area contributed by atoms with Crippen LogP contribution >= 0.6 is 0 Å². The van der Waals surface area contributed by atoms with Gasteiger partial charge in [-0.2, -0.15) is 13.2 Å². The van der Waals surface area contributed by atoms with Crippen LogP contribution in [0.3, 0.4) is 0 Å². The summed E-state index contributed by atoms with van der Waals surface area (Å²) in [6.07, 6.45) is -1.57. The van der Waals surface area contributed by atoms with E-state index >= 15 is 0 Å². The lowest BCUT2D eigenvalue weighted by molar-refractivity contribution is -0.137. The van der Waals surface area contributed by atoms with Crippen molar-refractivity contribution in [1.29, 1.82) is 0 Å². The van der Waals surface area contributed by atoms with Gasteiger partial charge in [0, 0.05) is 12.1 Å². The summed E-state index contributed by atoms with van der Waals surface area (Å²) in [6.45, 7) is 1.36. The minimum Gasteiger partial charge on any atom is -0.328 e. The number of aryl methyl sites for hydroxylation is 1. The average Bonchev–Trinajstić information content (AvgIpc) is 2.36. The fourth-order valence-electron chi connectivity index (χ4n) is 2.74. The lowest BCUT2D eigenvalue weighted by atomic mass is 9.92. The van der Waals surface area contributed by atoms with Crippen molar-refractivity contribution < 1.29 is 21.6 Å². The Morgan fingerprint density at radius 3 is 2.50 bits per heavy atom. The quantitative estimate of drug-likeness (QED) is 0.891. The third-order valence-corrected chi connectivity index (χ3v) is 5.51. The summed E-state index contributed by atoms with van der Waals surface area (Å²) in [5.41, 5.74) is 5.03. The Kier molecular flexibility index (Phi) is 4.84. The van der Waals surface area contributed by atoms with E-state index in [1.165, 1.54) is 6.92 Å². The second-order valence-corrected chi connectivity index (χ2v) is 7.41. The van der Waals surface area contributed by atoms with Crippen LogP contribution in [0.5, 0.6) is 0 Å². The summed E-state index contributed by atoms with van der Waals surface area (Å²) in [5, 5.41) is 0. The van der Waals surface area contributed by atoms with Crippen molar-refractivity contribution in [3.05, 3.63) is 29.3 Å². The number of benzene rings is 1. The standard InChI is InChI=1S/C14H19F3N2O2S/c1-9-7-10(14(15,16)17)5-6-13(9)22(20,21)19-12-4-2-3-11(18)8-12/h5-7,11-12,19H,2-4,8,18H2,1H3. The molecule has 3 N–H and O–H groups in total. The molecule has 4 nitrogen and oxygen atoms in total. The first-order chi connectivity index (χ1) is 10.1. The van der Waals surface area contributed by atoms with Gasteiger partial charge in [0.1, 0.15) is 0 Å². The van der Waals surface area contributed by atoms with E-state index in [2.05, 4.69) is 4.72 Å². The van der Waals surface area contributed by atoms with Gasteiger partial charge in [-0.25, -0.2) is 13.1 Å². The molecular formula is C14H19F3N2O2S. The lowest BCUT2D eigenvalue weighted by Crippen LogP contribution is -2.42. The molecule has 2 unspecified atom stereocenters. The van der Waals surface area contributed by atoms with Gasteiger partial charge in [-0.05, 0) is 49.9 Å². The Morgan fingerprint density at radius 1 is 1.27 bits per heavy atom. The van der Waals surface area contributed by atoms with Gasteiger partial charge < -0.3 is 5.73 Å². The minimum atomic E-state index is -4.49. The summed E-state index contributed by atoms with van der Waals surface area (Å²) in [4.78, 5) is -0.125. The van der Waals surface area contributed by atoms with Crippen molar-refractivity contribution in [2.45, 2.75) is 55.8 Å². The molecule has 0 aromatic heterocycles. The fourth-order valence-corrected chi connectivity index (χ4v) is 4.25. The van der Waals surface area contributed by atoms with Crippen LogP contribution in [-0.4, -0.2) is 20.5 Å². The average molecular weight is 336 g/mol. The van der Waals surface area contributed by atoms with Crippen LogP contribution in [0.4, 0.5) is 13.2 Å². The van der Waals surface area contributed by atoms with Crippen molar-refractivity contribution in [1.82, 2.24) is 4.72 Å². The molecule has 0 saturated heterocycles. The maximum absolute atomic E-state index is 12.6. The number of rotatable bonds is 3. The van der Waals surface area contributed by atoms with Crippen molar-refractivity contribution in [3.8, 4) is 0 Å². The van der Waals surface area contributed by atoms with Gasteiger partial charge in [0.15, 0.2) is 0 Å². The van der Waals surface area contributed by atoms with Crippen molar-refractivity contribution >= 4 is 10.0 Å². The molecule has 0 radical (unpaired) electrons. The maximum Gasteiger partial charge on any atom is 0.416 e. The van der Waals surface area contributed by atoms with Gasteiger partial charge in [-0.15, -0.1) is 0 Å². The summed E-state index contributed by atoms with van der Waals surface area (Å²) >= 11 is 0. The molecule has 0 heterocycles. The molecule has 124 valence electrons. The largest absolute Gasteiger partial charge is 0.416 e. The van der Waals surface area contributed by atoms with E-state index in [0.29, 0.717) is 12.8 Å². The number of alkyl halides is 3. The third kappa shape index (κ3) is 3.99. The predicted molar refractivity (Wildman–Crippen MR) is 76.7 cm³/mol. The van der Waals surface area contributed by atoms with Crippen LogP contribution in [0.1, 0.15) is 36.8 Å². The minimum absolute atomic E-state index is 0.0462. The molecular weight excluding hydrogens is 317 g/mol. The molecule has 1 saturated carbocycles. The van der Waals surface area contributed by atoms with Gasteiger partial charge in [0.05, 0.1) is 10.5 Å². The Labute approximate surface area is 127 Å². The SMILES string of the molecule is Cc1cc(C(F)(F)F)ccc1S(=O)(=O)NC1CCCC(N)C1. The number of sulfonamides is 1. The molecule has 22 heavy (non-hydrogen) atoms. The van der Waals surface area contributed by atoms with Crippen LogP contribution in [0.15, 0.2) is 23.1 Å². The van der Waals surface area contributed by atoms with E-state index in [9.17, 15) is 21.6 Å². The van der Waals surface area contributed by atoms with E-state index in [1.807, 2.05) is 0 Å². The number of nitrogens with one attached hydrogen (secondary N) is 1. The van der Waals surface area contributed by atoms with Crippen LogP contribution < -0.4 is 10.5 Å². The smallest absolute Gasteiger partial charge is 0.328 e. The Bertz CT molecular complexity index is 644. The molecule has 0 bridgehead atoms. The molecule has 1 aromatic carbocycles. The molecule has 1 aliphatic rings. The van der Waals surface area contributed by atoms with Gasteiger partial charge >= 0.3 is 6.18 Å². The van der Waals surface area contributed by atoms with E-state index in [0.717, 1.165) is 31.0 Å². The van der Waals surface area contributed by atoms with Gasteiger partial charge in [-0.3, -0.25) is 0 Å². The highest BCUT2D eigenvalue weighted by molar-refractivity contribution is 7.89. The van der Waals surface area contributed by atoms with Crippen molar-refractivity contribution in [3.63, 3.8) is 0 Å². The summed E-state index contributed by atoms with van der Waals surface area (Å²) in [7, 11) is -3.85. The zero-order chi connectivity index (χ0) is 16.5. The third-order valence-electron chi connectivity index (χ3n) is 3.83. The van der Waals surface area contributed by atoms with Gasteiger partial charge in [-0.1, -0.05) is 6.42 Å². The fraction of sp³-hybridized carbons (Fsp3) is 0.571. The van der Waals surface area contributed by atoms with Gasteiger partial charge in [0.25, 0.3) is 0 Å². The van der Waals surface area contributed by atoms with E-state index in [-0.39, 0.29) is 22.5 Å². The zero-order valence-electron chi connectivity index (χ0n) is 12.2. The molecule has 0 spiro atoms. The molecule has 0 amide bonds. The molecule has 1 fully saturated rings. The number of halogens is 3. The number of hydrogen-bond acceptors (Lipinski definition) is 3. The molecule has 8 heteroatoms.